The zero-order valence-electron chi connectivity index (χ0n) is 10.2. The highest BCUT2D eigenvalue weighted by atomic mass is 35.5. The van der Waals surface area contributed by atoms with Gasteiger partial charge in [-0.3, -0.25) is 0 Å². The fraction of sp³-hybridized carbons (Fsp3) is 0.500. The Balaban J connectivity index is 2.33. The molecule has 2 rings (SSSR count). The lowest BCUT2D eigenvalue weighted by atomic mass is 9.66. The zero-order chi connectivity index (χ0) is 13.4. The van der Waals surface area contributed by atoms with Gasteiger partial charge < -0.3 is 9.90 Å². The van der Waals surface area contributed by atoms with Gasteiger partial charge in [0.25, 0.3) is 0 Å². The quantitative estimate of drug-likeness (QED) is 0.841. The van der Waals surface area contributed by atoms with E-state index in [1.54, 1.807) is 12.1 Å². The van der Waals surface area contributed by atoms with Crippen LogP contribution in [0.4, 0.5) is 0 Å². The number of aldehydes is 1. The van der Waals surface area contributed by atoms with Crippen LogP contribution in [0.5, 0.6) is 0 Å². The Morgan fingerprint density at radius 2 is 1.78 bits per heavy atom. The van der Waals surface area contributed by atoms with Crippen LogP contribution in [0.25, 0.3) is 0 Å². The molecule has 0 bridgehead atoms. The molecule has 0 heterocycles. The molecule has 0 unspecified atom stereocenters. The molecule has 1 aromatic rings. The van der Waals surface area contributed by atoms with Crippen LogP contribution < -0.4 is 0 Å². The first-order valence-corrected chi connectivity index (χ1v) is 6.78. The molecule has 1 aromatic carbocycles. The molecule has 0 aromatic heterocycles. The van der Waals surface area contributed by atoms with E-state index in [1.165, 1.54) is 0 Å². The number of rotatable bonds is 2. The molecule has 1 N–H and O–H groups in total. The van der Waals surface area contributed by atoms with Crippen molar-refractivity contribution in [2.45, 2.75) is 43.6 Å². The third kappa shape index (κ3) is 2.56. The molecule has 0 radical (unpaired) electrons. The third-order valence-electron chi connectivity index (χ3n) is 3.94. The average Bonchev–Trinajstić information content (AvgIpc) is 2.34. The molecule has 0 atom stereocenters. The summed E-state index contributed by atoms with van der Waals surface area (Å²) in [6.07, 6.45) is 3.50. The lowest BCUT2D eigenvalue weighted by Gasteiger charge is -2.39. The monoisotopic (exact) mass is 286 g/mol. The maximum atomic E-state index is 11.5. The van der Waals surface area contributed by atoms with E-state index in [4.69, 9.17) is 23.2 Å². The van der Waals surface area contributed by atoms with Gasteiger partial charge in [-0.15, -0.1) is 0 Å². The second kappa shape index (κ2) is 4.84. The van der Waals surface area contributed by atoms with Crippen LogP contribution >= 0.6 is 23.2 Å². The van der Waals surface area contributed by atoms with Crippen LogP contribution in [-0.2, 0) is 10.2 Å². The molecule has 0 saturated heterocycles. The molecule has 2 nitrogen and oxygen atoms in total. The van der Waals surface area contributed by atoms with Gasteiger partial charge in [-0.1, -0.05) is 29.3 Å². The molecule has 4 heteroatoms. The molecule has 98 valence electrons. The Bertz CT molecular complexity index is 459. The minimum atomic E-state index is -0.664. The molecule has 1 fully saturated rings. The summed E-state index contributed by atoms with van der Waals surface area (Å²) in [5.74, 6) is 0. The summed E-state index contributed by atoms with van der Waals surface area (Å²) in [7, 11) is 0. The van der Waals surface area contributed by atoms with Crippen LogP contribution in [0.2, 0.25) is 10.0 Å². The normalized spacial score (nSPS) is 32.2. The number of hydrogen-bond acceptors (Lipinski definition) is 2. The van der Waals surface area contributed by atoms with E-state index in [9.17, 15) is 9.90 Å². The molecule has 1 aliphatic rings. The van der Waals surface area contributed by atoms with Gasteiger partial charge in [0.2, 0.25) is 0 Å². The Hall–Kier alpha value is -0.570. The highest BCUT2D eigenvalue weighted by molar-refractivity contribution is 6.42. The van der Waals surface area contributed by atoms with Crippen molar-refractivity contribution in [3.05, 3.63) is 33.8 Å². The van der Waals surface area contributed by atoms with Gasteiger partial charge in [-0.05, 0) is 50.3 Å². The summed E-state index contributed by atoms with van der Waals surface area (Å²) in [5.41, 5.74) is -0.304. The van der Waals surface area contributed by atoms with E-state index in [0.29, 0.717) is 35.7 Å². The van der Waals surface area contributed by atoms with Crippen molar-refractivity contribution in [2.24, 2.45) is 0 Å². The minimum Gasteiger partial charge on any atom is -0.390 e. The Kier molecular flexibility index (Phi) is 3.72. The van der Waals surface area contributed by atoms with Crippen LogP contribution in [0, 0.1) is 0 Å². The summed E-state index contributed by atoms with van der Waals surface area (Å²) >= 11 is 11.9. The second-order valence-corrected chi connectivity index (χ2v) is 6.21. The smallest absolute Gasteiger partial charge is 0.130 e. The first-order chi connectivity index (χ1) is 8.38. The molecule has 0 spiro atoms. The van der Waals surface area contributed by atoms with Gasteiger partial charge in [-0.2, -0.15) is 0 Å². The average molecular weight is 287 g/mol. The van der Waals surface area contributed by atoms with Crippen molar-refractivity contribution in [2.75, 3.05) is 0 Å². The van der Waals surface area contributed by atoms with E-state index in [0.717, 1.165) is 11.8 Å². The van der Waals surface area contributed by atoms with Crippen molar-refractivity contribution < 1.29 is 9.90 Å². The number of halogens is 2. The predicted molar refractivity (Wildman–Crippen MR) is 73.3 cm³/mol. The molecule has 0 aliphatic heterocycles. The third-order valence-corrected chi connectivity index (χ3v) is 4.68. The van der Waals surface area contributed by atoms with Crippen LogP contribution in [0.3, 0.4) is 0 Å². The van der Waals surface area contributed by atoms with Crippen molar-refractivity contribution in [3.63, 3.8) is 0 Å². The maximum absolute atomic E-state index is 11.5. The summed E-state index contributed by atoms with van der Waals surface area (Å²) in [6, 6.07) is 5.33. The Labute approximate surface area is 117 Å². The fourth-order valence-corrected chi connectivity index (χ4v) is 2.81. The van der Waals surface area contributed by atoms with Crippen LogP contribution in [0.15, 0.2) is 18.2 Å². The van der Waals surface area contributed by atoms with Gasteiger partial charge in [-0.25, -0.2) is 0 Å². The lowest BCUT2D eigenvalue weighted by molar-refractivity contribution is -0.115. The first-order valence-electron chi connectivity index (χ1n) is 6.03. The number of carbonyl (C=O) groups is 1. The standard InChI is InChI=1S/C14H16Cl2O2/c1-13(18)4-6-14(9-17,7-5-13)10-2-3-11(15)12(16)8-10/h2-3,8-9,18H,4-7H2,1H3/t13-,14+. The number of aliphatic hydroxyl groups is 1. The van der Waals surface area contributed by atoms with Gasteiger partial charge in [0.1, 0.15) is 6.29 Å². The van der Waals surface area contributed by atoms with Crippen LogP contribution in [0.1, 0.15) is 38.2 Å². The van der Waals surface area contributed by atoms with E-state index >= 15 is 0 Å². The van der Waals surface area contributed by atoms with Gasteiger partial charge >= 0.3 is 0 Å². The van der Waals surface area contributed by atoms with Gasteiger partial charge in [0.15, 0.2) is 0 Å². The Morgan fingerprint density at radius 3 is 2.28 bits per heavy atom. The summed E-state index contributed by atoms with van der Waals surface area (Å²) in [6.45, 7) is 1.82. The summed E-state index contributed by atoms with van der Waals surface area (Å²) in [5, 5.41) is 10.9. The summed E-state index contributed by atoms with van der Waals surface area (Å²) in [4.78, 5) is 11.5. The molecule has 1 aliphatic carbocycles. The lowest BCUT2D eigenvalue weighted by Crippen LogP contribution is -2.40. The molecular weight excluding hydrogens is 271 g/mol. The maximum Gasteiger partial charge on any atom is 0.130 e. The van der Waals surface area contributed by atoms with Crippen molar-refractivity contribution in [1.29, 1.82) is 0 Å². The highest BCUT2D eigenvalue weighted by Gasteiger charge is 2.40. The SMILES string of the molecule is C[C@]1(O)CC[C@@](C=O)(c2ccc(Cl)c(Cl)c2)CC1. The molecule has 0 amide bonds. The minimum absolute atomic E-state index is 0.465. The van der Waals surface area contributed by atoms with Crippen LogP contribution in [-0.4, -0.2) is 17.0 Å². The molecule has 1 saturated carbocycles. The van der Waals surface area contributed by atoms with Gasteiger partial charge in [0.05, 0.1) is 21.1 Å². The van der Waals surface area contributed by atoms with Crippen molar-refractivity contribution in [1.82, 2.24) is 0 Å². The highest BCUT2D eigenvalue weighted by Crippen LogP contribution is 2.42. The second-order valence-electron chi connectivity index (χ2n) is 5.40. The number of carbonyl (C=O) groups excluding carboxylic acids is 1. The first kappa shape index (κ1) is 13.9. The van der Waals surface area contributed by atoms with E-state index < -0.39 is 11.0 Å². The topological polar surface area (TPSA) is 37.3 Å². The van der Waals surface area contributed by atoms with E-state index in [-0.39, 0.29) is 0 Å². The van der Waals surface area contributed by atoms with Crippen molar-refractivity contribution >= 4 is 29.5 Å². The summed E-state index contributed by atoms with van der Waals surface area (Å²) < 4.78 is 0. The largest absolute Gasteiger partial charge is 0.390 e. The molecular formula is C14H16Cl2O2. The van der Waals surface area contributed by atoms with Gasteiger partial charge in [0, 0.05) is 0 Å². The number of hydrogen-bond donors (Lipinski definition) is 1. The predicted octanol–water partition coefficient (Wildman–Crippen LogP) is 3.76. The molecule has 18 heavy (non-hydrogen) atoms. The Morgan fingerprint density at radius 1 is 1.17 bits per heavy atom. The fourth-order valence-electron chi connectivity index (χ4n) is 2.52. The van der Waals surface area contributed by atoms with E-state index in [1.807, 2.05) is 13.0 Å². The zero-order valence-corrected chi connectivity index (χ0v) is 11.8. The number of benzene rings is 1. The van der Waals surface area contributed by atoms with E-state index in [2.05, 4.69) is 0 Å². The van der Waals surface area contributed by atoms with Crippen molar-refractivity contribution in [3.8, 4) is 0 Å².